The van der Waals surface area contributed by atoms with Crippen LogP contribution < -0.4 is 10.1 Å². The first kappa shape index (κ1) is 23.4. The number of aryl methyl sites for hydroxylation is 1. The number of carbonyl (C=O) groups excluding carboxylic acids is 1. The van der Waals surface area contributed by atoms with Crippen LogP contribution >= 0.6 is 0 Å². The average molecular weight is 478 g/mol. The van der Waals surface area contributed by atoms with Crippen molar-refractivity contribution in [3.05, 3.63) is 65.5 Å². The molecule has 2 aliphatic rings. The fraction of sp³-hybridized carbons (Fsp3) is 0.480. The fourth-order valence-electron chi connectivity index (χ4n) is 4.40. The molecule has 0 unspecified atom stereocenters. The molecule has 1 amide bonds. The van der Waals surface area contributed by atoms with Crippen molar-refractivity contribution in [3.63, 3.8) is 0 Å². The van der Waals surface area contributed by atoms with Crippen molar-refractivity contribution in [1.29, 1.82) is 0 Å². The number of nitrogens with zero attached hydrogens (tertiary/aromatic N) is 6. The third-order valence-corrected chi connectivity index (χ3v) is 6.22. The van der Waals surface area contributed by atoms with Gasteiger partial charge in [-0.2, -0.15) is 0 Å². The molecule has 1 N–H and O–H groups in total. The fourth-order valence-corrected chi connectivity index (χ4v) is 4.40. The molecule has 35 heavy (non-hydrogen) atoms. The topological polar surface area (TPSA) is 107 Å². The Morgan fingerprint density at radius 3 is 3.03 bits per heavy atom. The Morgan fingerprint density at radius 2 is 2.14 bits per heavy atom. The van der Waals surface area contributed by atoms with E-state index >= 15 is 0 Å². The molecule has 0 aliphatic carbocycles. The average Bonchev–Trinajstić information content (AvgIpc) is 3.46. The Bertz CT molecular complexity index is 1170. The minimum Gasteiger partial charge on any atom is -0.494 e. The lowest BCUT2D eigenvalue weighted by molar-refractivity contribution is 0.0293. The predicted octanol–water partition coefficient (Wildman–Crippen LogP) is 2.17. The number of likely N-dealkylation sites (tertiary alicyclic amines) is 1. The van der Waals surface area contributed by atoms with Gasteiger partial charge in [-0.1, -0.05) is 25.1 Å². The Balaban J connectivity index is 1.35. The Morgan fingerprint density at radius 1 is 1.23 bits per heavy atom. The highest BCUT2D eigenvalue weighted by Crippen LogP contribution is 2.20. The van der Waals surface area contributed by atoms with Crippen molar-refractivity contribution in [1.82, 2.24) is 35.2 Å². The smallest absolute Gasteiger partial charge is 0.251 e. The zero-order valence-electron chi connectivity index (χ0n) is 20.1. The molecule has 2 atom stereocenters. The van der Waals surface area contributed by atoms with Gasteiger partial charge in [0.2, 0.25) is 0 Å². The highest BCUT2D eigenvalue weighted by molar-refractivity contribution is 5.94. The number of ether oxygens (including phenoxy) is 2. The molecule has 10 nitrogen and oxygen atoms in total. The van der Waals surface area contributed by atoms with Crippen molar-refractivity contribution >= 4 is 5.91 Å². The summed E-state index contributed by atoms with van der Waals surface area (Å²) in [6.07, 6.45) is 4.30. The molecule has 1 aromatic carbocycles. The Labute approximate surface area is 204 Å². The van der Waals surface area contributed by atoms with Gasteiger partial charge >= 0.3 is 0 Å². The first-order chi connectivity index (χ1) is 17.0. The molecule has 2 aliphatic heterocycles. The van der Waals surface area contributed by atoms with Crippen molar-refractivity contribution in [3.8, 4) is 5.75 Å². The molecule has 0 spiro atoms. The largest absolute Gasteiger partial charge is 0.494 e. The number of rotatable bonds is 3. The van der Waals surface area contributed by atoms with Gasteiger partial charge < -0.3 is 14.8 Å². The second-order valence-corrected chi connectivity index (χ2v) is 9.39. The van der Waals surface area contributed by atoms with E-state index < -0.39 is 0 Å². The highest BCUT2D eigenvalue weighted by atomic mass is 16.5. The Kier molecular flexibility index (Phi) is 7.01. The SMILES string of the molecule is CC(C)c1nccc(CN2C[C@@H]3NC(=O)c4cccc(c4)OCCCn4cc(nn4)CO[C@H]3C2)n1. The molecule has 0 radical (unpaired) electrons. The summed E-state index contributed by atoms with van der Waals surface area (Å²) >= 11 is 0. The van der Waals surface area contributed by atoms with Crippen LogP contribution in [0.3, 0.4) is 0 Å². The van der Waals surface area contributed by atoms with Crippen LogP contribution in [0.15, 0.2) is 42.7 Å². The quantitative estimate of drug-likeness (QED) is 0.612. The van der Waals surface area contributed by atoms with E-state index in [-0.39, 0.29) is 24.0 Å². The van der Waals surface area contributed by atoms with Crippen LogP contribution in [-0.4, -0.2) is 67.6 Å². The lowest BCUT2D eigenvalue weighted by Gasteiger charge is -2.20. The monoisotopic (exact) mass is 477 g/mol. The van der Waals surface area contributed by atoms with E-state index in [0.717, 1.165) is 23.6 Å². The van der Waals surface area contributed by atoms with E-state index in [1.54, 1.807) is 12.1 Å². The maximum atomic E-state index is 13.1. The third-order valence-electron chi connectivity index (χ3n) is 6.22. The molecule has 0 saturated carbocycles. The van der Waals surface area contributed by atoms with Gasteiger partial charge in [0.05, 0.1) is 37.3 Å². The van der Waals surface area contributed by atoms with E-state index in [1.807, 2.05) is 35.3 Å². The summed E-state index contributed by atoms with van der Waals surface area (Å²) in [6, 6.07) is 9.06. The molecule has 5 rings (SSSR count). The minimum absolute atomic E-state index is 0.141. The number of hydrogen-bond donors (Lipinski definition) is 1. The second-order valence-electron chi connectivity index (χ2n) is 9.39. The van der Waals surface area contributed by atoms with Gasteiger partial charge in [0.1, 0.15) is 17.3 Å². The molecule has 1 saturated heterocycles. The minimum atomic E-state index is -0.192. The summed E-state index contributed by atoms with van der Waals surface area (Å²) in [4.78, 5) is 24.4. The highest BCUT2D eigenvalue weighted by Gasteiger charge is 2.35. The first-order valence-corrected chi connectivity index (χ1v) is 12.1. The zero-order chi connectivity index (χ0) is 24.2. The van der Waals surface area contributed by atoms with Gasteiger partial charge in [-0.15, -0.1) is 5.10 Å². The summed E-state index contributed by atoms with van der Waals surface area (Å²) in [7, 11) is 0. The van der Waals surface area contributed by atoms with Crippen molar-refractivity contribution in [2.75, 3.05) is 19.7 Å². The van der Waals surface area contributed by atoms with Crippen molar-refractivity contribution < 1.29 is 14.3 Å². The van der Waals surface area contributed by atoms with Crippen LogP contribution in [0.4, 0.5) is 0 Å². The molecule has 4 bridgehead atoms. The summed E-state index contributed by atoms with van der Waals surface area (Å²) in [5.74, 6) is 1.63. The van der Waals surface area contributed by atoms with E-state index in [9.17, 15) is 4.79 Å². The maximum absolute atomic E-state index is 13.1. The van der Waals surface area contributed by atoms with Gasteiger partial charge in [0.25, 0.3) is 5.91 Å². The van der Waals surface area contributed by atoms with Crippen LogP contribution in [0, 0.1) is 0 Å². The van der Waals surface area contributed by atoms with Gasteiger partial charge in [-0.3, -0.25) is 14.4 Å². The number of benzene rings is 1. The molecular weight excluding hydrogens is 446 g/mol. The van der Waals surface area contributed by atoms with Gasteiger partial charge in [-0.05, 0) is 24.3 Å². The lowest BCUT2D eigenvalue weighted by atomic mass is 10.1. The molecule has 184 valence electrons. The van der Waals surface area contributed by atoms with Crippen molar-refractivity contribution in [2.24, 2.45) is 0 Å². The lowest BCUT2D eigenvalue weighted by Crippen LogP contribution is -2.44. The second kappa shape index (κ2) is 10.5. The van der Waals surface area contributed by atoms with Crippen LogP contribution in [0.1, 0.15) is 53.8 Å². The van der Waals surface area contributed by atoms with E-state index in [2.05, 4.69) is 39.4 Å². The number of aromatic nitrogens is 5. The summed E-state index contributed by atoms with van der Waals surface area (Å²) in [6.45, 7) is 7.71. The number of carbonyl (C=O) groups is 1. The van der Waals surface area contributed by atoms with Gasteiger partial charge in [0, 0.05) is 50.3 Å². The van der Waals surface area contributed by atoms with Crippen LogP contribution in [-0.2, 0) is 24.4 Å². The predicted molar refractivity (Wildman–Crippen MR) is 128 cm³/mol. The number of nitrogens with one attached hydrogen (secondary N) is 1. The van der Waals surface area contributed by atoms with E-state index in [1.165, 1.54) is 0 Å². The van der Waals surface area contributed by atoms with Gasteiger partial charge in [0.15, 0.2) is 0 Å². The summed E-state index contributed by atoms with van der Waals surface area (Å²) < 4.78 is 13.9. The third kappa shape index (κ3) is 5.83. The van der Waals surface area contributed by atoms with Crippen LogP contribution in [0.25, 0.3) is 0 Å². The zero-order valence-corrected chi connectivity index (χ0v) is 20.1. The van der Waals surface area contributed by atoms with Crippen LogP contribution in [0.2, 0.25) is 0 Å². The molecule has 2 aromatic heterocycles. The molecule has 1 fully saturated rings. The molecular formula is C25H31N7O3. The first-order valence-electron chi connectivity index (χ1n) is 12.1. The normalized spacial score (nSPS) is 21.4. The number of amides is 1. The maximum Gasteiger partial charge on any atom is 0.251 e. The molecule has 4 heterocycles. The van der Waals surface area contributed by atoms with Crippen LogP contribution in [0.5, 0.6) is 5.75 Å². The molecule has 10 heteroatoms. The van der Waals surface area contributed by atoms with E-state index in [0.29, 0.717) is 50.7 Å². The number of hydrogen-bond acceptors (Lipinski definition) is 8. The standard InChI is InChI=1S/C25H31N7O3/c1-17(2)24-26-8-7-19(27-24)12-31-14-22-23(15-31)35-16-20-13-32(30-29-20)9-4-10-34-21-6-3-5-18(11-21)25(33)28-22/h3,5-8,11,13,17,22-23H,4,9-10,12,14-16H2,1-2H3,(H,28,33)/t22-,23-/m0/s1. The Hall–Kier alpha value is -3.37. The van der Waals surface area contributed by atoms with Gasteiger partial charge in [-0.25, -0.2) is 9.97 Å². The molecule has 3 aromatic rings. The van der Waals surface area contributed by atoms with Crippen molar-refractivity contribution in [2.45, 2.75) is 58.0 Å². The number of fused-ring (bicyclic) bond motifs is 5. The summed E-state index contributed by atoms with van der Waals surface area (Å²) in [5.41, 5.74) is 2.30. The summed E-state index contributed by atoms with van der Waals surface area (Å²) in [5, 5.41) is 11.6. The van der Waals surface area contributed by atoms with E-state index in [4.69, 9.17) is 14.5 Å².